The molecule has 1 heterocycles. The molecule has 0 radical (unpaired) electrons. The molecule has 0 spiro atoms. The van der Waals surface area contributed by atoms with E-state index >= 15 is 0 Å². The molecular weight excluding hydrogens is 610 g/mol. The second-order valence-corrected chi connectivity index (χ2v) is 10.2. The van der Waals surface area contributed by atoms with Gasteiger partial charge in [-0.25, -0.2) is 26.0 Å². The van der Waals surface area contributed by atoms with Crippen molar-refractivity contribution in [2.75, 3.05) is 6.61 Å². The minimum absolute atomic E-state index is 0.00466. The summed E-state index contributed by atoms with van der Waals surface area (Å²) in [6.45, 7) is 4.88. The van der Waals surface area contributed by atoms with Gasteiger partial charge in [0, 0.05) is 31.9 Å². The fourth-order valence-electron chi connectivity index (χ4n) is 4.33. The number of amidine groups is 1. The van der Waals surface area contributed by atoms with E-state index in [0.717, 1.165) is 29.5 Å². The molecule has 0 bridgehead atoms. The van der Waals surface area contributed by atoms with Crippen LogP contribution in [0.3, 0.4) is 0 Å². The molecule has 15 nitrogen and oxygen atoms in total. The summed E-state index contributed by atoms with van der Waals surface area (Å²) in [7, 11) is 0. The molecular formula is C29H36ClN7O8. The Balaban J connectivity index is 1.75. The standard InChI is InChI=1S/C29H36ClN7O8/c1-4-5-10-24-33-26(30)25(28(38)43-19(3)44-29(39)42-16-15-18(2)45-37(40)41)36(24)17-20-11-13-21(14-12-20)22-8-6-7-9-23(22)27(31)34-35-32/h6-9,11-14,18-19,35H,4-5,10,15-17,32H2,1-3H3,(H2,31,34)/t18-,19?/m0/s1. The molecule has 0 aliphatic rings. The van der Waals surface area contributed by atoms with Gasteiger partial charge in [0.1, 0.15) is 11.9 Å². The van der Waals surface area contributed by atoms with Crippen LogP contribution in [0.5, 0.6) is 0 Å². The maximum atomic E-state index is 13.2. The molecule has 0 saturated carbocycles. The minimum Gasteiger partial charge on any atom is -0.434 e. The lowest BCUT2D eigenvalue weighted by Crippen LogP contribution is -2.25. The first-order chi connectivity index (χ1) is 21.5. The second kappa shape index (κ2) is 16.8. The summed E-state index contributed by atoms with van der Waals surface area (Å²) < 4.78 is 16.9. The van der Waals surface area contributed by atoms with Gasteiger partial charge in [-0.1, -0.05) is 73.5 Å². The third-order valence-corrected chi connectivity index (χ3v) is 6.75. The van der Waals surface area contributed by atoms with Gasteiger partial charge in [0.25, 0.3) is 5.09 Å². The number of hydrazine groups is 1. The van der Waals surface area contributed by atoms with Crippen LogP contribution in [0, 0.1) is 10.1 Å². The van der Waals surface area contributed by atoms with Crippen LogP contribution in [0.1, 0.15) is 67.5 Å². The lowest BCUT2D eigenvalue weighted by atomic mass is 9.98. The number of imidazole rings is 1. The number of hydrogen-bond acceptors (Lipinski definition) is 12. The molecule has 0 saturated heterocycles. The molecule has 0 amide bonds. The number of ether oxygens (including phenoxy) is 3. The van der Waals surface area contributed by atoms with Crippen molar-refractivity contribution in [3.8, 4) is 11.1 Å². The van der Waals surface area contributed by atoms with Gasteiger partial charge in [0.15, 0.2) is 16.7 Å². The number of aromatic nitrogens is 2. The maximum Gasteiger partial charge on any atom is 0.511 e. The Morgan fingerprint density at radius 2 is 1.87 bits per heavy atom. The summed E-state index contributed by atoms with van der Waals surface area (Å²) in [5.41, 5.74) is 11.6. The monoisotopic (exact) mass is 645 g/mol. The Bertz CT molecular complexity index is 1500. The number of benzene rings is 2. The number of rotatable bonds is 16. The highest BCUT2D eigenvalue weighted by atomic mass is 35.5. The number of halogens is 1. The van der Waals surface area contributed by atoms with Gasteiger partial charge in [-0.3, -0.25) is 0 Å². The van der Waals surface area contributed by atoms with Gasteiger partial charge in [0.2, 0.25) is 6.29 Å². The predicted molar refractivity (Wildman–Crippen MR) is 164 cm³/mol. The number of carbonyl (C=O) groups excluding carboxylic acids is 2. The van der Waals surface area contributed by atoms with E-state index in [2.05, 4.69) is 20.5 Å². The smallest absolute Gasteiger partial charge is 0.434 e. The van der Waals surface area contributed by atoms with Gasteiger partial charge in [-0.15, -0.1) is 15.2 Å². The van der Waals surface area contributed by atoms with Crippen LogP contribution >= 0.6 is 11.6 Å². The van der Waals surface area contributed by atoms with Gasteiger partial charge in [-0.05, 0) is 30.0 Å². The lowest BCUT2D eigenvalue weighted by molar-refractivity contribution is -0.767. The first-order valence-electron chi connectivity index (χ1n) is 14.1. The summed E-state index contributed by atoms with van der Waals surface area (Å²) in [4.78, 5) is 44.4. The molecule has 2 aromatic carbocycles. The highest BCUT2D eigenvalue weighted by Crippen LogP contribution is 2.26. The van der Waals surface area contributed by atoms with Crippen molar-refractivity contribution in [3.05, 3.63) is 86.4 Å². The Kier molecular flexibility index (Phi) is 12.9. The first kappa shape index (κ1) is 34.6. The quantitative estimate of drug-likeness (QED) is 0.0378. The number of nitrogens with one attached hydrogen (secondary N) is 1. The molecule has 5 N–H and O–H groups in total. The molecule has 1 aromatic heterocycles. The number of aryl methyl sites for hydroxylation is 1. The third kappa shape index (κ3) is 10.1. The zero-order valence-corrected chi connectivity index (χ0v) is 25.9. The molecule has 1 unspecified atom stereocenters. The highest BCUT2D eigenvalue weighted by Gasteiger charge is 2.26. The van der Waals surface area contributed by atoms with Crippen molar-refractivity contribution in [1.29, 1.82) is 0 Å². The van der Waals surface area contributed by atoms with Crippen LogP contribution in [0.25, 0.3) is 11.1 Å². The summed E-state index contributed by atoms with van der Waals surface area (Å²) in [5, 5.41) is 13.3. The van der Waals surface area contributed by atoms with Gasteiger partial charge in [0.05, 0.1) is 6.61 Å². The average Bonchev–Trinajstić information content (AvgIpc) is 3.30. The fourth-order valence-corrected chi connectivity index (χ4v) is 4.60. The van der Waals surface area contributed by atoms with Crippen molar-refractivity contribution in [2.24, 2.45) is 16.7 Å². The van der Waals surface area contributed by atoms with E-state index in [4.69, 9.17) is 37.4 Å². The van der Waals surface area contributed by atoms with E-state index in [-0.39, 0.29) is 36.3 Å². The largest absolute Gasteiger partial charge is 0.511 e. The number of nitrogens with zero attached hydrogens (tertiary/aromatic N) is 4. The van der Waals surface area contributed by atoms with E-state index < -0.39 is 29.6 Å². The van der Waals surface area contributed by atoms with E-state index in [1.54, 1.807) is 4.57 Å². The zero-order valence-electron chi connectivity index (χ0n) is 25.1. The number of carbonyl (C=O) groups is 2. The van der Waals surface area contributed by atoms with Crippen LogP contribution < -0.4 is 17.1 Å². The van der Waals surface area contributed by atoms with E-state index in [1.165, 1.54) is 13.8 Å². The van der Waals surface area contributed by atoms with Crippen molar-refractivity contribution >= 4 is 29.6 Å². The van der Waals surface area contributed by atoms with Crippen molar-refractivity contribution in [3.63, 3.8) is 0 Å². The summed E-state index contributed by atoms with van der Waals surface area (Å²) >= 11 is 6.43. The van der Waals surface area contributed by atoms with Crippen molar-refractivity contribution < 1.29 is 33.7 Å². The zero-order chi connectivity index (χ0) is 32.9. The Morgan fingerprint density at radius 1 is 1.16 bits per heavy atom. The van der Waals surface area contributed by atoms with Gasteiger partial charge >= 0.3 is 12.1 Å². The van der Waals surface area contributed by atoms with E-state index in [1.807, 2.05) is 55.5 Å². The summed E-state index contributed by atoms with van der Waals surface area (Å²) in [5.74, 6) is 5.28. The van der Waals surface area contributed by atoms with Gasteiger partial charge < -0.3 is 29.3 Å². The van der Waals surface area contributed by atoms with Crippen LogP contribution in [-0.4, -0.2) is 51.6 Å². The normalized spacial score (nSPS) is 12.6. The van der Waals surface area contributed by atoms with Crippen LogP contribution in [0.15, 0.2) is 53.6 Å². The fraction of sp³-hybridized carbons (Fsp3) is 0.379. The van der Waals surface area contributed by atoms with Crippen LogP contribution in [-0.2, 0) is 32.0 Å². The SMILES string of the molecule is CCCCc1nc(Cl)c(C(=O)OC(C)OC(=O)OCC[C@H](C)O[N+](=O)[O-])n1Cc1ccc(-c2ccccc2/C(N)=N/NN)cc1. The number of unbranched alkanes of at least 4 members (excludes halogenated alkanes) is 1. The van der Waals surface area contributed by atoms with E-state index in [9.17, 15) is 19.7 Å². The van der Waals surface area contributed by atoms with Crippen LogP contribution in [0.4, 0.5) is 4.79 Å². The molecule has 242 valence electrons. The van der Waals surface area contributed by atoms with Crippen LogP contribution in [0.2, 0.25) is 5.15 Å². The molecule has 3 aromatic rings. The molecule has 16 heteroatoms. The third-order valence-electron chi connectivity index (χ3n) is 6.49. The number of esters is 1. The number of hydrazone groups is 1. The molecule has 3 rings (SSSR count). The number of hydrogen-bond donors (Lipinski definition) is 3. The van der Waals surface area contributed by atoms with E-state index in [0.29, 0.717) is 17.8 Å². The summed E-state index contributed by atoms with van der Waals surface area (Å²) in [6.07, 6.45) is -0.905. The average molecular weight is 646 g/mol. The van der Waals surface area contributed by atoms with Gasteiger partial charge in [-0.2, -0.15) is 0 Å². The highest BCUT2D eigenvalue weighted by molar-refractivity contribution is 6.32. The number of nitrogens with two attached hydrogens (primary N) is 2. The lowest BCUT2D eigenvalue weighted by Gasteiger charge is -2.16. The summed E-state index contributed by atoms with van der Waals surface area (Å²) in [6, 6.07) is 15.2. The maximum absolute atomic E-state index is 13.2. The Morgan fingerprint density at radius 3 is 2.53 bits per heavy atom. The molecule has 0 aliphatic heterocycles. The predicted octanol–water partition coefficient (Wildman–Crippen LogP) is 4.32. The molecule has 2 atom stereocenters. The first-order valence-corrected chi connectivity index (χ1v) is 14.5. The molecule has 0 fully saturated rings. The molecule has 45 heavy (non-hydrogen) atoms. The minimum atomic E-state index is -1.33. The second-order valence-electron chi connectivity index (χ2n) is 9.84. The molecule has 0 aliphatic carbocycles. The Labute approximate surface area is 264 Å². The topological polar surface area (TPSA) is 208 Å². The Hall–Kier alpha value is -4.89. The van der Waals surface area contributed by atoms with Crippen molar-refractivity contribution in [1.82, 2.24) is 15.1 Å². The van der Waals surface area contributed by atoms with Crippen molar-refractivity contribution in [2.45, 2.75) is 65.4 Å².